The van der Waals surface area contributed by atoms with Gasteiger partial charge in [-0.1, -0.05) is 55.9 Å². The number of amides is 3. The molecule has 1 aliphatic heterocycles. The highest BCUT2D eigenvalue weighted by Gasteiger charge is 2.30. The molecule has 0 unspecified atom stereocenters. The summed E-state index contributed by atoms with van der Waals surface area (Å²) in [6.07, 6.45) is 2.78. The quantitative estimate of drug-likeness (QED) is 0.383. The lowest BCUT2D eigenvalue weighted by Crippen LogP contribution is -2.56. The van der Waals surface area contributed by atoms with Gasteiger partial charge in [0, 0.05) is 31.1 Å². The Bertz CT molecular complexity index is 1020. The van der Waals surface area contributed by atoms with Crippen LogP contribution >= 0.6 is 11.8 Å². The number of anilines is 1. The molecule has 1 aliphatic rings. The molecular weight excluding hydrogens is 452 g/mol. The number of fused-ring (bicyclic) bond motifs is 2. The van der Waals surface area contributed by atoms with Gasteiger partial charge in [-0.05, 0) is 24.7 Å². The monoisotopic (exact) mass is 484 g/mol. The molecule has 3 amide bonds. The van der Waals surface area contributed by atoms with E-state index in [4.69, 9.17) is 0 Å². The molecule has 2 heterocycles. The van der Waals surface area contributed by atoms with Crippen LogP contribution in [0.15, 0.2) is 41.6 Å². The SMILES string of the molecule is CSc1nc2cc(n1)N[C@@H](Cc1ccccc1)C(=O)N[C@H](C(C)C)C(=O)N[C@@H](C)C(=O)NCC2. The average molecular weight is 485 g/mol. The zero-order valence-corrected chi connectivity index (χ0v) is 20.7. The highest BCUT2D eigenvalue weighted by Crippen LogP contribution is 2.17. The first-order valence-electron chi connectivity index (χ1n) is 11.4. The van der Waals surface area contributed by atoms with E-state index in [9.17, 15) is 14.4 Å². The Hall–Kier alpha value is -3.14. The molecule has 1 aromatic heterocycles. The summed E-state index contributed by atoms with van der Waals surface area (Å²) in [7, 11) is 0. The van der Waals surface area contributed by atoms with E-state index in [-0.39, 0.29) is 17.7 Å². The van der Waals surface area contributed by atoms with E-state index in [2.05, 4.69) is 31.2 Å². The number of thioether (sulfide) groups is 1. The number of aromatic nitrogens is 2. The van der Waals surface area contributed by atoms with E-state index < -0.39 is 24.0 Å². The van der Waals surface area contributed by atoms with Crippen LogP contribution in [0.4, 0.5) is 5.82 Å². The summed E-state index contributed by atoms with van der Waals surface area (Å²) in [6, 6.07) is 9.26. The van der Waals surface area contributed by atoms with E-state index in [1.807, 2.05) is 50.4 Å². The van der Waals surface area contributed by atoms with E-state index in [1.54, 1.807) is 13.0 Å². The van der Waals surface area contributed by atoms with Gasteiger partial charge in [0.05, 0.1) is 0 Å². The third kappa shape index (κ3) is 6.93. The van der Waals surface area contributed by atoms with Crippen molar-refractivity contribution in [1.82, 2.24) is 25.9 Å². The summed E-state index contributed by atoms with van der Waals surface area (Å²) in [6.45, 7) is 5.69. The third-order valence-corrected chi connectivity index (χ3v) is 6.09. The summed E-state index contributed by atoms with van der Waals surface area (Å²) >= 11 is 1.40. The zero-order valence-electron chi connectivity index (χ0n) is 19.9. The average Bonchev–Trinajstić information content (AvgIpc) is 2.81. The largest absolute Gasteiger partial charge is 0.358 e. The number of nitrogens with one attached hydrogen (secondary N) is 4. The van der Waals surface area contributed by atoms with Crippen LogP contribution in [0.2, 0.25) is 0 Å². The van der Waals surface area contributed by atoms with Gasteiger partial charge in [0.2, 0.25) is 17.7 Å². The van der Waals surface area contributed by atoms with Gasteiger partial charge in [0.1, 0.15) is 23.9 Å². The Labute approximate surface area is 204 Å². The van der Waals surface area contributed by atoms with Crippen molar-refractivity contribution >= 4 is 35.3 Å². The van der Waals surface area contributed by atoms with Gasteiger partial charge >= 0.3 is 0 Å². The predicted molar refractivity (Wildman–Crippen MR) is 132 cm³/mol. The maximum absolute atomic E-state index is 13.4. The highest BCUT2D eigenvalue weighted by molar-refractivity contribution is 7.98. The third-order valence-electron chi connectivity index (χ3n) is 5.54. The minimum absolute atomic E-state index is 0.180. The number of rotatable bonds is 4. The number of nitrogens with zero attached hydrogens (tertiary/aromatic N) is 2. The van der Waals surface area contributed by atoms with E-state index in [0.29, 0.717) is 30.4 Å². The van der Waals surface area contributed by atoms with Crippen LogP contribution in [0, 0.1) is 5.92 Å². The predicted octanol–water partition coefficient (Wildman–Crippen LogP) is 1.54. The summed E-state index contributed by atoms with van der Waals surface area (Å²) in [5.41, 5.74) is 1.72. The van der Waals surface area contributed by atoms with E-state index >= 15 is 0 Å². The maximum atomic E-state index is 13.4. The second kappa shape index (κ2) is 11.8. The summed E-state index contributed by atoms with van der Waals surface area (Å²) in [5, 5.41) is 12.3. The van der Waals surface area contributed by atoms with Crippen molar-refractivity contribution in [2.24, 2.45) is 5.92 Å². The van der Waals surface area contributed by atoms with Gasteiger partial charge in [0.25, 0.3) is 0 Å². The van der Waals surface area contributed by atoms with Crippen molar-refractivity contribution in [3.63, 3.8) is 0 Å². The molecule has 0 radical (unpaired) electrons. The van der Waals surface area contributed by atoms with Crippen molar-refractivity contribution in [2.75, 3.05) is 18.1 Å². The topological polar surface area (TPSA) is 125 Å². The van der Waals surface area contributed by atoms with Crippen molar-refractivity contribution < 1.29 is 14.4 Å². The number of hydrogen-bond acceptors (Lipinski definition) is 7. The fraction of sp³-hybridized carbons (Fsp3) is 0.458. The van der Waals surface area contributed by atoms with Crippen LogP contribution in [0.3, 0.4) is 0 Å². The van der Waals surface area contributed by atoms with Gasteiger partial charge in [0.15, 0.2) is 5.16 Å². The second-order valence-electron chi connectivity index (χ2n) is 8.62. The van der Waals surface area contributed by atoms with Gasteiger partial charge in [-0.3, -0.25) is 14.4 Å². The van der Waals surface area contributed by atoms with Crippen molar-refractivity contribution in [2.45, 2.75) is 56.9 Å². The lowest BCUT2D eigenvalue weighted by atomic mass is 10.0. The molecule has 1 aromatic carbocycles. The molecular formula is C24H32N6O3S. The summed E-state index contributed by atoms with van der Waals surface area (Å²) in [4.78, 5) is 47.9. The number of hydrogen-bond donors (Lipinski definition) is 4. The molecule has 10 heteroatoms. The molecule has 0 spiro atoms. The van der Waals surface area contributed by atoms with Crippen LogP contribution in [0.1, 0.15) is 32.0 Å². The fourth-order valence-corrected chi connectivity index (χ4v) is 4.03. The van der Waals surface area contributed by atoms with Crippen molar-refractivity contribution in [1.29, 1.82) is 0 Å². The van der Waals surface area contributed by atoms with E-state index in [1.165, 1.54) is 11.8 Å². The Balaban J connectivity index is 1.98. The van der Waals surface area contributed by atoms with Crippen LogP contribution in [0.25, 0.3) is 0 Å². The lowest BCUT2D eigenvalue weighted by Gasteiger charge is -2.26. The fourth-order valence-electron chi connectivity index (χ4n) is 3.63. The minimum atomic E-state index is -0.796. The Morgan fingerprint density at radius 2 is 1.74 bits per heavy atom. The van der Waals surface area contributed by atoms with Gasteiger partial charge < -0.3 is 21.3 Å². The molecule has 0 saturated carbocycles. The van der Waals surface area contributed by atoms with E-state index in [0.717, 1.165) is 11.3 Å². The first-order chi connectivity index (χ1) is 16.3. The van der Waals surface area contributed by atoms with Gasteiger partial charge in [-0.2, -0.15) is 0 Å². The minimum Gasteiger partial charge on any atom is -0.358 e. The van der Waals surface area contributed by atoms with Crippen LogP contribution in [-0.2, 0) is 27.2 Å². The molecule has 0 fully saturated rings. The Morgan fingerprint density at radius 1 is 1.00 bits per heavy atom. The molecule has 182 valence electrons. The maximum Gasteiger partial charge on any atom is 0.243 e. The van der Waals surface area contributed by atoms with Gasteiger partial charge in [-0.25, -0.2) is 9.97 Å². The van der Waals surface area contributed by atoms with Crippen molar-refractivity contribution in [3.8, 4) is 0 Å². The Kier molecular flexibility index (Phi) is 8.86. The molecule has 9 nitrogen and oxygen atoms in total. The first kappa shape index (κ1) is 25.5. The summed E-state index contributed by atoms with van der Waals surface area (Å²) in [5.74, 6) is -0.678. The number of carbonyl (C=O) groups is 3. The molecule has 2 bridgehead atoms. The number of carbonyl (C=O) groups excluding carboxylic acids is 3. The van der Waals surface area contributed by atoms with Crippen LogP contribution in [0.5, 0.6) is 0 Å². The molecule has 34 heavy (non-hydrogen) atoms. The van der Waals surface area contributed by atoms with Crippen LogP contribution < -0.4 is 21.3 Å². The molecule has 0 aliphatic carbocycles. The molecule has 4 N–H and O–H groups in total. The lowest BCUT2D eigenvalue weighted by molar-refractivity contribution is -0.132. The molecule has 3 atom stereocenters. The molecule has 3 rings (SSSR count). The standard InChI is InChI=1S/C24H32N6O3S/c1-14(2)20-23(33)26-15(3)21(31)25-11-10-17-13-19(29-24(27-17)34-4)28-18(22(32)30-20)12-16-8-6-5-7-9-16/h5-9,13-15,18,20H,10-12H2,1-4H3,(H,25,31)(H,26,33)(H,30,32)(H,27,28,29)/t15-,18-,20+/m0/s1. The first-order valence-corrected chi connectivity index (χ1v) is 12.6. The second-order valence-corrected chi connectivity index (χ2v) is 9.39. The molecule has 0 saturated heterocycles. The zero-order chi connectivity index (χ0) is 24.7. The van der Waals surface area contributed by atoms with Gasteiger partial charge in [-0.15, -0.1) is 0 Å². The molecule has 2 aromatic rings. The Morgan fingerprint density at radius 3 is 2.41 bits per heavy atom. The smallest absolute Gasteiger partial charge is 0.243 e. The normalized spacial score (nSPS) is 22.0. The van der Waals surface area contributed by atoms with Crippen LogP contribution in [-0.4, -0.2) is 58.6 Å². The number of benzene rings is 1. The summed E-state index contributed by atoms with van der Waals surface area (Å²) < 4.78 is 0. The van der Waals surface area contributed by atoms with Crippen molar-refractivity contribution in [3.05, 3.63) is 47.7 Å². The highest BCUT2D eigenvalue weighted by atomic mass is 32.2.